The number of thioether (sulfide) groups is 1. The second kappa shape index (κ2) is 7.53. The highest BCUT2D eigenvalue weighted by Crippen LogP contribution is 2.31. The van der Waals surface area contributed by atoms with Crippen LogP contribution >= 0.6 is 23.1 Å². The van der Waals surface area contributed by atoms with Crippen LogP contribution in [0.15, 0.2) is 45.7 Å². The molecule has 0 aliphatic rings. The zero-order chi connectivity index (χ0) is 18.8. The fraction of sp³-hybridized carbons (Fsp3) is 0.222. The minimum absolute atomic E-state index is 0.105. The zero-order valence-electron chi connectivity index (χ0n) is 14.8. The van der Waals surface area contributed by atoms with E-state index in [-0.39, 0.29) is 11.7 Å². The molecule has 9 heteroatoms. The van der Waals surface area contributed by atoms with E-state index in [4.69, 9.17) is 4.42 Å². The van der Waals surface area contributed by atoms with Crippen molar-refractivity contribution in [1.29, 1.82) is 0 Å². The number of nitrogens with zero attached hydrogens (tertiary/aromatic N) is 4. The molecule has 0 unspecified atom stereocenters. The fourth-order valence-corrected chi connectivity index (χ4v) is 4.27. The van der Waals surface area contributed by atoms with E-state index in [0.29, 0.717) is 11.7 Å². The van der Waals surface area contributed by atoms with Gasteiger partial charge in [0.25, 0.3) is 0 Å². The predicted molar refractivity (Wildman–Crippen MR) is 106 cm³/mol. The number of anilines is 1. The summed E-state index contributed by atoms with van der Waals surface area (Å²) >= 11 is 2.80. The Labute approximate surface area is 163 Å². The normalized spacial score (nSPS) is 11.2. The van der Waals surface area contributed by atoms with Gasteiger partial charge in [-0.3, -0.25) is 4.79 Å². The van der Waals surface area contributed by atoms with Gasteiger partial charge >= 0.3 is 0 Å². The number of rotatable bonds is 6. The highest BCUT2D eigenvalue weighted by molar-refractivity contribution is 8.00. The maximum Gasteiger partial charge on any atom is 0.236 e. The third-order valence-corrected chi connectivity index (χ3v) is 5.96. The number of fused-ring (bicyclic) bond motifs is 1. The smallest absolute Gasteiger partial charge is 0.236 e. The quantitative estimate of drug-likeness (QED) is 0.391. The molecule has 0 atom stereocenters. The average molecular weight is 400 g/mol. The van der Waals surface area contributed by atoms with Crippen LogP contribution in [-0.2, 0) is 11.3 Å². The van der Waals surface area contributed by atoms with Gasteiger partial charge < -0.3 is 14.3 Å². The van der Waals surface area contributed by atoms with Crippen LogP contribution in [0.1, 0.15) is 17.0 Å². The third kappa shape index (κ3) is 3.60. The summed E-state index contributed by atoms with van der Waals surface area (Å²) in [6.45, 7) is 4.72. The molecule has 138 valence electrons. The Morgan fingerprint density at radius 3 is 2.96 bits per heavy atom. The van der Waals surface area contributed by atoms with E-state index >= 15 is 0 Å². The zero-order valence-corrected chi connectivity index (χ0v) is 16.4. The molecule has 4 rings (SSSR count). The topological polar surface area (TPSA) is 85.8 Å². The molecular weight excluding hydrogens is 382 g/mol. The lowest BCUT2D eigenvalue weighted by molar-refractivity contribution is -0.113. The van der Waals surface area contributed by atoms with Crippen molar-refractivity contribution >= 4 is 45.2 Å². The molecule has 0 bridgehead atoms. The number of hydrogen-bond donors (Lipinski definition) is 1. The van der Waals surface area contributed by atoms with Gasteiger partial charge in [0.1, 0.15) is 22.8 Å². The van der Waals surface area contributed by atoms with Crippen LogP contribution in [0.2, 0.25) is 0 Å². The maximum absolute atomic E-state index is 12.2. The fourth-order valence-electron chi connectivity index (χ4n) is 2.87. The van der Waals surface area contributed by atoms with Crippen molar-refractivity contribution in [2.45, 2.75) is 25.4 Å². The van der Waals surface area contributed by atoms with Gasteiger partial charge in [0, 0.05) is 17.3 Å². The van der Waals surface area contributed by atoms with E-state index < -0.39 is 0 Å². The molecule has 4 aromatic heterocycles. The average Bonchev–Trinajstić information content (AvgIpc) is 3.40. The summed E-state index contributed by atoms with van der Waals surface area (Å²) in [5, 5.41) is 6.99. The number of thiazole rings is 1. The van der Waals surface area contributed by atoms with Gasteiger partial charge in [0.2, 0.25) is 5.91 Å². The van der Waals surface area contributed by atoms with E-state index in [0.717, 1.165) is 33.1 Å². The molecule has 0 spiro atoms. The Morgan fingerprint density at radius 1 is 1.33 bits per heavy atom. The van der Waals surface area contributed by atoms with Crippen LogP contribution in [0.5, 0.6) is 0 Å². The molecule has 4 aromatic rings. The van der Waals surface area contributed by atoms with Gasteiger partial charge in [-0.05, 0) is 31.5 Å². The van der Waals surface area contributed by atoms with Crippen LogP contribution in [0.3, 0.4) is 0 Å². The molecule has 1 N–H and O–H groups in total. The minimum Gasteiger partial charge on any atom is -0.467 e. The summed E-state index contributed by atoms with van der Waals surface area (Å²) in [5.74, 6) is 1.02. The van der Waals surface area contributed by atoms with Gasteiger partial charge in [-0.1, -0.05) is 11.8 Å². The summed E-state index contributed by atoms with van der Waals surface area (Å²) in [6, 6.07) is 3.82. The van der Waals surface area contributed by atoms with Crippen LogP contribution in [-0.4, -0.2) is 31.2 Å². The van der Waals surface area contributed by atoms with Gasteiger partial charge in [0.15, 0.2) is 5.13 Å². The van der Waals surface area contributed by atoms with Crippen LogP contribution in [0.25, 0.3) is 11.0 Å². The Kier molecular flexibility index (Phi) is 4.95. The van der Waals surface area contributed by atoms with Crippen molar-refractivity contribution in [3.05, 3.63) is 53.3 Å². The second-order valence-corrected chi connectivity index (χ2v) is 7.79. The largest absolute Gasteiger partial charge is 0.467 e. The molecule has 1 amide bonds. The van der Waals surface area contributed by atoms with Crippen molar-refractivity contribution in [3.63, 3.8) is 0 Å². The van der Waals surface area contributed by atoms with E-state index in [9.17, 15) is 4.79 Å². The maximum atomic E-state index is 12.2. The van der Waals surface area contributed by atoms with Crippen molar-refractivity contribution in [2.75, 3.05) is 11.1 Å². The number of aryl methyl sites for hydroxylation is 1. The highest BCUT2D eigenvalue weighted by atomic mass is 32.2. The third-order valence-electron chi connectivity index (χ3n) is 4.28. The molecule has 0 fully saturated rings. The number of aromatic nitrogens is 4. The second-order valence-electron chi connectivity index (χ2n) is 5.93. The van der Waals surface area contributed by atoms with Crippen LogP contribution < -0.4 is 5.32 Å². The predicted octanol–water partition coefficient (Wildman–Crippen LogP) is 3.88. The Balaban J connectivity index is 1.59. The molecule has 7 nitrogen and oxygen atoms in total. The van der Waals surface area contributed by atoms with Gasteiger partial charge in [0.05, 0.1) is 23.9 Å². The van der Waals surface area contributed by atoms with Crippen molar-refractivity contribution in [3.8, 4) is 0 Å². The molecule has 0 aliphatic heterocycles. The summed E-state index contributed by atoms with van der Waals surface area (Å²) in [6.07, 6.45) is 4.87. The monoisotopic (exact) mass is 399 g/mol. The summed E-state index contributed by atoms with van der Waals surface area (Å²) < 4.78 is 7.60. The van der Waals surface area contributed by atoms with Crippen molar-refractivity contribution in [1.82, 2.24) is 19.5 Å². The van der Waals surface area contributed by atoms with Gasteiger partial charge in [-0.15, -0.1) is 11.3 Å². The summed E-state index contributed by atoms with van der Waals surface area (Å²) in [5.41, 5.74) is 3.07. The first-order chi connectivity index (χ1) is 13.1. The van der Waals surface area contributed by atoms with E-state index in [1.165, 1.54) is 23.1 Å². The summed E-state index contributed by atoms with van der Waals surface area (Å²) in [4.78, 5) is 25.1. The standard InChI is InChI=1S/C18H17N5O2S2/c1-11-12(2)23(8-13-4-3-6-25-13)16-15(11)17(21-10-20-16)27-9-14(24)22-18-19-5-7-26-18/h3-7,10H,8-9H2,1-2H3,(H,19,22,24). The van der Waals surface area contributed by atoms with Crippen molar-refractivity contribution < 1.29 is 9.21 Å². The molecule has 0 saturated carbocycles. The molecule has 4 heterocycles. The summed E-state index contributed by atoms with van der Waals surface area (Å²) in [7, 11) is 0. The number of furan rings is 1. The van der Waals surface area contributed by atoms with Gasteiger partial charge in [-0.2, -0.15) is 0 Å². The number of amides is 1. The Hall–Kier alpha value is -2.65. The number of carbonyl (C=O) groups is 1. The number of carbonyl (C=O) groups excluding carboxylic acids is 1. The lowest BCUT2D eigenvalue weighted by Crippen LogP contribution is -2.13. The van der Waals surface area contributed by atoms with Crippen molar-refractivity contribution in [2.24, 2.45) is 0 Å². The first kappa shape index (κ1) is 17.7. The van der Waals surface area contributed by atoms with Gasteiger partial charge in [-0.25, -0.2) is 15.0 Å². The minimum atomic E-state index is -0.105. The SMILES string of the molecule is Cc1c(C)n(Cc2ccco2)c2ncnc(SCC(=O)Nc3nccs3)c12. The lowest BCUT2D eigenvalue weighted by atomic mass is 10.2. The Bertz CT molecular complexity index is 1070. The molecule has 0 saturated heterocycles. The first-order valence-electron chi connectivity index (χ1n) is 8.28. The molecule has 0 aliphatic carbocycles. The molecule has 0 radical (unpaired) electrons. The first-order valence-corrected chi connectivity index (χ1v) is 10.1. The van der Waals surface area contributed by atoms with E-state index in [2.05, 4.69) is 38.7 Å². The lowest BCUT2D eigenvalue weighted by Gasteiger charge is -2.06. The Morgan fingerprint density at radius 2 is 2.22 bits per heavy atom. The number of nitrogens with one attached hydrogen (secondary N) is 1. The molecule has 0 aromatic carbocycles. The number of hydrogen-bond acceptors (Lipinski definition) is 7. The van der Waals surface area contributed by atoms with E-state index in [1.807, 2.05) is 17.5 Å². The van der Waals surface area contributed by atoms with Crippen LogP contribution in [0.4, 0.5) is 5.13 Å². The molecular formula is C18H17N5O2S2. The van der Waals surface area contributed by atoms with Crippen LogP contribution in [0, 0.1) is 13.8 Å². The highest BCUT2D eigenvalue weighted by Gasteiger charge is 2.18. The van der Waals surface area contributed by atoms with E-state index in [1.54, 1.807) is 18.8 Å². The molecule has 27 heavy (non-hydrogen) atoms.